The number of carbonyl (C=O) groups is 2. The topological polar surface area (TPSA) is 63.6 Å². The van der Waals surface area contributed by atoms with Gasteiger partial charge in [-0.15, -0.1) is 0 Å². The maximum atomic E-state index is 13.1. The molecule has 0 radical (unpaired) electrons. The second-order valence-corrected chi connectivity index (χ2v) is 10.0. The van der Waals surface area contributed by atoms with Gasteiger partial charge in [0.2, 0.25) is 0 Å². The minimum Gasteiger partial charge on any atom is -0.460 e. The van der Waals surface area contributed by atoms with Crippen LogP contribution in [0.15, 0.2) is 0 Å². The molecule has 3 aliphatic rings. The van der Waals surface area contributed by atoms with Crippen molar-refractivity contribution in [3.8, 4) is 0 Å². The van der Waals surface area contributed by atoms with Crippen molar-refractivity contribution in [3.05, 3.63) is 0 Å². The molecule has 0 aromatic rings. The van der Waals surface area contributed by atoms with Crippen molar-refractivity contribution in [2.75, 3.05) is 6.61 Å². The smallest absolute Gasteiger partial charge is 0.332 e. The molecule has 3 fully saturated rings. The number of carbonyl (C=O) groups excluding carboxylic acids is 2. The average Bonchev–Trinajstić information content (AvgIpc) is 2.95. The highest BCUT2D eigenvalue weighted by Crippen LogP contribution is 2.68. The molecule has 0 amide bonds. The number of esters is 1. The van der Waals surface area contributed by atoms with E-state index in [9.17, 15) is 14.7 Å². The van der Waals surface area contributed by atoms with Crippen molar-refractivity contribution in [2.45, 2.75) is 85.7 Å². The fraction of sp³-hybridized carbons (Fsp3) is 0.909. The molecule has 7 atom stereocenters. The zero-order valence-corrected chi connectivity index (χ0v) is 17.1. The summed E-state index contributed by atoms with van der Waals surface area (Å²) in [5, 5.41) is 9.29. The highest BCUT2D eigenvalue weighted by Gasteiger charge is 2.66. The number of aliphatic hydroxyl groups excluding tert-OH is 1. The van der Waals surface area contributed by atoms with E-state index in [1.165, 1.54) is 0 Å². The molecule has 26 heavy (non-hydrogen) atoms. The van der Waals surface area contributed by atoms with E-state index >= 15 is 0 Å². The van der Waals surface area contributed by atoms with E-state index in [0.29, 0.717) is 24.0 Å². The lowest BCUT2D eigenvalue weighted by molar-refractivity contribution is -0.196. The zero-order chi connectivity index (χ0) is 19.3. The summed E-state index contributed by atoms with van der Waals surface area (Å²) in [6, 6.07) is 0. The van der Waals surface area contributed by atoms with Gasteiger partial charge in [-0.1, -0.05) is 41.0 Å². The SMILES string of the molecule is CC[C@]1(C)C[C@@H](OC(=O)CO)C2(C)C(C)CC[C@]3(CCC(=O)C23)[C@@H](C)C1. The van der Waals surface area contributed by atoms with Crippen LogP contribution < -0.4 is 0 Å². The molecule has 0 heterocycles. The Morgan fingerprint density at radius 1 is 1.19 bits per heavy atom. The Hall–Kier alpha value is -0.900. The fourth-order valence-corrected chi connectivity index (χ4v) is 6.91. The number of Topliss-reactive ketones (excluding diaryl/α,β-unsaturated/α-hetero) is 1. The third-order valence-electron chi connectivity index (χ3n) is 8.87. The van der Waals surface area contributed by atoms with Gasteiger partial charge in [-0.2, -0.15) is 0 Å². The first-order valence-corrected chi connectivity index (χ1v) is 10.5. The second kappa shape index (κ2) is 6.61. The summed E-state index contributed by atoms with van der Waals surface area (Å²) in [5.41, 5.74) is -0.206. The summed E-state index contributed by atoms with van der Waals surface area (Å²) in [6.07, 6.45) is 6.43. The van der Waals surface area contributed by atoms with Crippen LogP contribution in [0.2, 0.25) is 0 Å². The monoisotopic (exact) mass is 364 g/mol. The molecule has 3 unspecified atom stereocenters. The molecule has 3 rings (SSSR count). The van der Waals surface area contributed by atoms with Gasteiger partial charge >= 0.3 is 5.97 Å². The molecule has 0 aromatic carbocycles. The van der Waals surface area contributed by atoms with Crippen molar-refractivity contribution in [3.63, 3.8) is 0 Å². The maximum absolute atomic E-state index is 13.1. The van der Waals surface area contributed by atoms with Gasteiger partial charge in [0.25, 0.3) is 0 Å². The quantitative estimate of drug-likeness (QED) is 0.765. The van der Waals surface area contributed by atoms with Crippen LogP contribution in [0.1, 0.15) is 79.6 Å². The van der Waals surface area contributed by atoms with Crippen LogP contribution in [-0.2, 0) is 14.3 Å². The third kappa shape index (κ3) is 2.75. The number of rotatable bonds is 3. The molecule has 3 aliphatic carbocycles. The van der Waals surface area contributed by atoms with Crippen molar-refractivity contribution in [1.29, 1.82) is 0 Å². The maximum Gasteiger partial charge on any atom is 0.332 e. The minimum absolute atomic E-state index is 0.0216. The molecule has 148 valence electrons. The van der Waals surface area contributed by atoms with Crippen LogP contribution in [0.25, 0.3) is 0 Å². The summed E-state index contributed by atoms with van der Waals surface area (Å²) in [7, 11) is 0. The van der Waals surface area contributed by atoms with Gasteiger partial charge in [-0.25, -0.2) is 4.79 Å². The van der Waals surface area contributed by atoms with Gasteiger partial charge in [0, 0.05) is 17.8 Å². The van der Waals surface area contributed by atoms with E-state index in [0.717, 1.165) is 38.5 Å². The average molecular weight is 365 g/mol. The lowest BCUT2D eigenvalue weighted by Gasteiger charge is -2.61. The van der Waals surface area contributed by atoms with Gasteiger partial charge in [0.15, 0.2) is 0 Å². The van der Waals surface area contributed by atoms with E-state index < -0.39 is 12.6 Å². The van der Waals surface area contributed by atoms with Crippen molar-refractivity contribution < 1.29 is 19.4 Å². The van der Waals surface area contributed by atoms with Crippen LogP contribution in [0.5, 0.6) is 0 Å². The molecule has 4 heteroatoms. The van der Waals surface area contributed by atoms with E-state index in [1.54, 1.807) is 0 Å². The number of hydrogen-bond acceptors (Lipinski definition) is 4. The Bertz CT molecular complexity index is 587. The Balaban J connectivity index is 2.14. The largest absolute Gasteiger partial charge is 0.460 e. The van der Waals surface area contributed by atoms with Crippen molar-refractivity contribution in [1.82, 2.24) is 0 Å². The summed E-state index contributed by atoms with van der Waals surface area (Å²) in [4.78, 5) is 25.2. The van der Waals surface area contributed by atoms with Crippen LogP contribution in [0.4, 0.5) is 0 Å². The van der Waals surface area contributed by atoms with Gasteiger partial charge in [-0.05, 0) is 54.8 Å². The predicted molar refractivity (Wildman–Crippen MR) is 100 cm³/mol. The van der Waals surface area contributed by atoms with Gasteiger partial charge in [0.05, 0.1) is 0 Å². The Morgan fingerprint density at radius 3 is 2.50 bits per heavy atom. The van der Waals surface area contributed by atoms with Crippen LogP contribution in [0.3, 0.4) is 0 Å². The lowest BCUT2D eigenvalue weighted by Crippen LogP contribution is -2.60. The third-order valence-corrected chi connectivity index (χ3v) is 8.87. The summed E-state index contributed by atoms with van der Waals surface area (Å²) in [6.45, 7) is 10.7. The van der Waals surface area contributed by atoms with Crippen LogP contribution in [0, 0.1) is 34.0 Å². The number of aliphatic hydroxyl groups is 1. The molecule has 4 nitrogen and oxygen atoms in total. The van der Waals surface area contributed by atoms with Crippen LogP contribution >= 0.6 is 0 Å². The first-order valence-electron chi connectivity index (χ1n) is 10.5. The van der Waals surface area contributed by atoms with Gasteiger partial charge < -0.3 is 9.84 Å². The van der Waals surface area contributed by atoms with Gasteiger partial charge in [0.1, 0.15) is 18.5 Å². The fourth-order valence-electron chi connectivity index (χ4n) is 6.91. The number of hydrogen-bond donors (Lipinski definition) is 1. The molecule has 0 spiro atoms. The first kappa shape index (κ1) is 19.9. The minimum atomic E-state index is -0.593. The Labute approximate surface area is 158 Å². The first-order chi connectivity index (χ1) is 12.1. The van der Waals surface area contributed by atoms with E-state index in [-0.39, 0.29) is 28.3 Å². The molecule has 1 N–H and O–H groups in total. The molecular formula is C22H36O4. The summed E-state index contributed by atoms with van der Waals surface area (Å²) >= 11 is 0. The second-order valence-electron chi connectivity index (χ2n) is 10.0. The molecule has 0 aromatic heterocycles. The predicted octanol–water partition coefficient (Wildman–Crippen LogP) is 4.14. The Morgan fingerprint density at radius 2 is 1.88 bits per heavy atom. The van der Waals surface area contributed by atoms with Crippen LogP contribution in [-0.4, -0.2) is 29.6 Å². The lowest BCUT2D eigenvalue weighted by atomic mass is 9.44. The Kier molecular flexibility index (Phi) is 5.05. The molecular weight excluding hydrogens is 328 g/mol. The summed E-state index contributed by atoms with van der Waals surface area (Å²) in [5.74, 6) is 0.621. The van der Waals surface area contributed by atoms with Crippen molar-refractivity contribution in [2.24, 2.45) is 34.0 Å². The number of ether oxygens (including phenoxy) is 1. The highest BCUT2D eigenvalue weighted by atomic mass is 16.6. The number of ketones is 1. The zero-order valence-electron chi connectivity index (χ0n) is 17.1. The van der Waals surface area contributed by atoms with E-state index in [1.807, 2.05) is 0 Å². The normalized spacial score (nSPS) is 48.5. The summed E-state index contributed by atoms with van der Waals surface area (Å²) < 4.78 is 5.88. The molecule has 2 bridgehead atoms. The molecule has 3 saturated carbocycles. The highest BCUT2D eigenvalue weighted by molar-refractivity contribution is 5.85. The van der Waals surface area contributed by atoms with Gasteiger partial charge in [-0.3, -0.25) is 4.79 Å². The van der Waals surface area contributed by atoms with E-state index in [4.69, 9.17) is 4.74 Å². The van der Waals surface area contributed by atoms with Crippen molar-refractivity contribution >= 4 is 11.8 Å². The van der Waals surface area contributed by atoms with E-state index in [2.05, 4.69) is 34.6 Å². The molecule has 0 aliphatic heterocycles. The standard InChI is InChI=1S/C22H36O4/c1-6-20(4)11-15(3)22-9-7-14(2)21(5,19(22)16(24)8-10-22)17(12-20)26-18(25)13-23/h14-15,17,19,23H,6-13H2,1-5H3/t14?,15-,17+,19?,20-,21?,22-/m0/s1. The molecule has 0 saturated heterocycles.